The number of nitrogens with one attached hydrogen (secondary N) is 2. The molecule has 2 bridgehead atoms. The zero-order valence-electron chi connectivity index (χ0n) is 20.0. The molecule has 4 fully saturated rings. The number of amides is 3. The molecule has 8 heteroatoms. The van der Waals surface area contributed by atoms with Gasteiger partial charge < -0.3 is 20.6 Å². The SMILES string of the molecule is CNC(=O)[C@@H]1[C@H]2C(=O)N([C@H](CO)c3ccccc3)C(C(=O)NC3CCCCC3)C23CC[C@@]1(C)S3. The molecular weight excluding hydrogens is 450 g/mol. The summed E-state index contributed by atoms with van der Waals surface area (Å²) in [6.07, 6.45) is 6.80. The van der Waals surface area contributed by atoms with Crippen LogP contribution in [0, 0.1) is 11.8 Å². The number of carbonyl (C=O) groups excluding carboxylic acids is 3. The minimum absolute atomic E-state index is 0.117. The van der Waals surface area contributed by atoms with Crippen LogP contribution in [-0.4, -0.2) is 63.0 Å². The second-order valence-corrected chi connectivity index (χ2v) is 12.4. The van der Waals surface area contributed by atoms with Gasteiger partial charge in [-0.1, -0.05) is 49.6 Å². The number of likely N-dealkylation sites (tertiary alicyclic amines) is 1. The highest BCUT2D eigenvalue weighted by Gasteiger charge is 2.77. The summed E-state index contributed by atoms with van der Waals surface area (Å²) in [6, 6.07) is 8.19. The number of thioether (sulfide) groups is 1. The molecule has 7 nitrogen and oxygen atoms in total. The van der Waals surface area contributed by atoms with Crippen molar-refractivity contribution in [3.8, 4) is 0 Å². The normalized spacial score (nSPS) is 35.8. The third-order valence-electron chi connectivity index (χ3n) is 8.64. The van der Waals surface area contributed by atoms with Gasteiger partial charge in [-0.2, -0.15) is 0 Å². The molecule has 1 aliphatic carbocycles. The smallest absolute Gasteiger partial charge is 0.244 e. The van der Waals surface area contributed by atoms with Gasteiger partial charge >= 0.3 is 0 Å². The lowest BCUT2D eigenvalue weighted by atomic mass is 9.66. The first-order valence-electron chi connectivity index (χ1n) is 12.6. The molecule has 3 amide bonds. The average Bonchev–Trinajstić information content (AvgIpc) is 3.41. The lowest BCUT2D eigenvalue weighted by molar-refractivity contribution is -0.143. The number of benzene rings is 1. The highest BCUT2D eigenvalue weighted by molar-refractivity contribution is 8.02. The molecule has 6 atom stereocenters. The van der Waals surface area contributed by atoms with Crippen LogP contribution >= 0.6 is 11.8 Å². The number of hydrogen-bond donors (Lipinski definition) is 3. The maximum absolute atomic E-state index is 14.2. The van der Waals surface area contributed by atoms with E-state index in [0.717, 1.165) is 37.7 Å². The highest BCUT2D eigenvalue weighted by atomic mass is 32.2. The van der Waals surface area contributed by atoms with Gasteiger partial charge in [-0.25, -0.2) is 0 Å². The Labute approximate surface area is 205 Å². The van der Waals surface area contributed by atoms with E-state index in [-0.39, 0.29) is 35.1 Å². The van der Waals surface area contributed by atoms with Crippen molar-refractivity contribution in [1.82, 2.24) is 15.5 Å². The Kier molecular flexibility index (Phi) is 6.17. The molecule has 0 radical (unpaired) electrons. The van der Waals surface area contributed by atoms with Crippen molar-refractivity contribution in [3.05, 3.63) is 35.9 Å². The zero-order chi connectivity index (χ0) is 24.1. The van der Waals surface area contributed by atoms with E-state index in [1.54, 1.807) is 23.7 Å². The summed E-state index contributed by atoms with van der Waals surface area (Å²) in [5.74, 6) is -1.52. The number of carbonyl (C=O) groups is 3. The molecule has 5 rings (SSSR count). The van der Waals surface area contributed by atoms with Gasteiger partial charge in [-0.05, 0) is 38.2 Å². The first kappa shape index (κ1) is 23.7. The third kappa shape index (κ3) is 3.48. The summed E-state index contributed by atoms with van der Waals surface area (Å²) < 4.78 is -1.04. The second kappa shape index (κ2) is 8.86. The highest BCUT2D eigenvalue weighted by Crippen LogP contribution is 2.71. The Morgan fingerprint density at radius 2 is 1.85 bits per heavy atom. The fourth-order valence-electron chi connectivity index (χ4n) is 7.11. The van der Waals surface area contributed by atoms with E-state index in [1.165, 1.54) is 6.42 Å². The van der Waals surface area contributed by atoms with Gasteiger partial charge in [0, 0.05) is 17.8 Å². The van der Waals surface area contributed by atoms with Gasteiger partial charge in [0.2, 0.25) is 17.7 Å². The number of fused-ring (bicyclic) bond motifs is 1. The van der Waals surface area contributed by atoms with Gasteiger partial charge in [-0.15, -0.1) is 11.8 Å². The Bertz CT molecular complexity index is 968. The Morgan fingerprint density at radius 3 is 2.50 bits per heavy atom. The van der Waals surface area contributed by atoms with E-state index < -0.39 is 28.7 Å². The largest absolute Gasteiger partial charge is 0.394 e. The van der Waals surface area contributed by atoms with Crippen molar-refractivity contribution >= 4 is 29.5 Å². The summed E-state index contributed by atoms with van der Waals surface area (Å²) in [7, 11) is 1.61. The van der Waals surface area contributed by atoms with Gasteiger partial charge in [0.1, 0.15) is 6.04 Å². The predicted octanol–water partition coefficient (Wildman–Crippen LogP) is 2.40. The van der Waals surface area contributed by atoms with Crippen molar-refractivity contribution in [3.63, 3.8) is 0 Å². The van der Waals surface area contributed by atoms with Crippen molar-refractivity contribution in [2.24, 2.45) is 11.8 Å². The fraction of sp³-hybridized carbons (Fsp3) is 0.654. The molecule has 184 valence electrons. The number of rotatable bonds is 6. The minimum Gasteiger partial charge on any atom is -0.394 e. The van der Waals surface area contributed by atoms with Crippen molar-refractivity contribution in [2.75, 3.05) is 13.7 Å². The van der Waals surface area contributed by atoms with Crippen molar-refractivity contribution in [1.29, 1.82) is 0 Å². The van der Waals surface area contributed by atoms with Crippen LogP contribution in [0.1, 0.15) is 63.5 Å². The number of hydrogen-bond acceptors (Lipinski definition) is 5. The Morgan fingerprint density at radius 1 is 1.15 bits per heavy atom. The van der Waals surface area contributed by atoms with Gasteiger partial charge in [0.25, 0.3) is 0 Å². The van der Waals surface area contributed by atoms with Gasteiger partial charge in [-0.3, -0.25) is 14.4 Å². The van der Waals surface area contributed by atoms with Gasteiger partial charge in [0.15, 0.2) is 0 Å². The molecular formula is C26H35N3O4S. The quantitative estimate of drug-likeness (QED) is 0.575. The van der Waals surface area contributed by atoms with Crippen molar-refractivity contribution in [2.45, 2.75) is 79.5 Å². The standard InChI is InChI=1S/C26H35N3O4S/c1-25-13-14-26(34-25)20(19(25)22(31)27-2)24(33)29(18(15-30)16-9-5-3-6-10-16)21(26)23(32)28-17-11-7-4-8-12-17/h3,5-6,9-10,17-21,30H,4,7-8,11-15H2,1-2H3,(H,27,31)(H,28,32)/t18-,19+,20+,21?,25-,26?/m1/s1. The average molecular weight is 486 g/mol. The van der Waals surface area contributed by atoms with Crippen LogP contribution in [0.25, 0.3) is 0 Å². The van der Waals surface area contributed by atoms with Crippen LogP contribution in [0.2, 0.25) is 0 Å². The monoisotopic (exact) mass is 485 g/mol. The first-order valence-corrected chi connectivity index (χ1v) is 13.4. The topological polar surface area (TPSA) is 98.7 Å². The number of aliphatic hydroxyl groups excluding tert-OH is 1. The van der Waals surface area contributed by atoms with Crippen LogP contribution in [0.15, 0.2) is 30.3 Å². The van der Waals surface area contributed by atoms with Crippen LogP contribution in [0.4, 0.5) is 0 Å². The lowest BCUT2D eigenvalue weighted by Gasteiger charge is -2.38. The maximum Gasteiger partial charge on any atom is 0.244 e. The molecule has 3 saturated heterocycles. The van der Waals surface area contributed by atoms with E-state index >= 15 is 0 Å². The molecule has 1 saturated carbocycles. The zero-order valence-corrected chi connectivity index (χ0v) is 20.8. The molecule has 3 heterocycles. The maximum atomic E-state index is 14.2. The summed E-state index contributed by atoms with van der Waals surface area (Å²) in [5.41, 5.74) is 0.799. The van der Waals surface area contributed by atoms with E-state index in [4.69, 9.17) is 0 Å². The molecule has 4 aliphatic rings. The molecule has 1 aromatic carbocycles. The Balaban J connectivity index is 1.58. The van der Waals surface area contributed by atoms with E-state index in [0.29, 0.717) is 6.42 Å². The van der Waals surface area contributed by atoms with Crippen LogP contribution in [0.5, 0.6) is 0 Å². The molecule has 34 heavy (non-hydrogen) atoms. The van der Waals surface area contributed by atoms with E-state index in [9.17, 15) is 19.5 Å². The van der Waals surface area contributed by atoms with E-state index in [2.05, 4.69) is 17.6 Å². The van der Waals surface area contributed by atoms with Crippen LogP contribution < -0.4 is 10.6 Å². The van der Waals surface area contributed by atoms with Crippen LogP contribution in [-0.2, 0) is 14.4 Å². The van der Waals surface area contributed by atoms with Crippen molar-refractivity contribution < 1.29 is 19.5 Å². The summed E-state index contributed by atoms with van der Waals surface area (Å²) in [4.78, 5) is 42.9. The molecule has 2 unspecified atom stereocenters. The summed E-state index contributed by atoms with van der Waals surface area (Å²) in [6.45, 7) is 1.79. The molecule has 3 N–H and O–H groups in total. The lowest BCUT2D eigenvalue weighted by Crippen LogP contribution is -2.56. The first-order chi connectivity index (χ1) is 16.4. The molecule has 1 aromatic rings. The summed E-state index contributed by atoms with van der Waals surface area (Å²) >= 11 is 1.67. The number of aliphatic hydroxyl groups is 1. The molecule has 1 spiro atoms. The summed E-state index contributed by atoms with van der Waals surface area (Å²) in [5, 5.41) is 16.5. The van der Waals surface area contributed by atoms with Gasteiger partial charge in [0.05, 0.1) is 29.2 Å². The number of nitrogens with zero attached hydrogens (tertiary/aromatic N) is 1. The Hall–Kier alpha value is -2.06. The predicted molar refractivity (Wildman–Crippen MR) is 131 cm³/mol. The molecule has 0 aromatic heterocycles. The second-order valence-electron chi connectivity index (χ2n) is 10.5. The molecule has 3 aliphatic heterocycles. The van der Waals surface area contributed by atoms with Crippen LogP contribution in [0.3, 0.4) is 0 Å². The third-order valence-corrected chi connectivity index (χ3v) is 10.6. The minimum atomic E-state index is -0.717. The fourth-order valence-corrected chi connectivity index (χ4v) is 9.45. The van der Waals surface area contributed by atoms with E-state index in [1.807, 2.05) is 30.3 Å².